The van der Waals surface area contributed by atoms with Crippen molar-refractivity contribution in [1.29, 1.82) is 0 Å². The molecule has 108 valence electrons. The SMILES string of the molecule is Cc1nc(C(C)Nc2cccc(CCCO)c2)c(C)s1. The van der Waals surface area contributed by atoms with Crippen LogP contribution in [0.1, 0.15) is 40.5 Å². The Balaban J connectivity index is 2.07. The van der Waals surface area contributed by atoms with E-state index in [1.807, 2.05) is 6.92 Å². The number of aromatic nitrogens is 1. The van der Waals surface area contributed by atoms with E-state index < -0.39 is 0 Å². The normalized spacial score (nSPS) is 12.4. The van der Waals surface area contributed by atoms with Crippen LogP contribution in [0.3, 0.4) is 0 Å². The van der Waals surface area contributed by atoms with Crippen LogP contribution in [0.25, 0.3) is 0 Å². The first kappa shape index (κ1) is 15.0. The van der Waals surface area contributed by atoms with Crippen LogP contribution in [0.2, 0.25) is 0 Å². The lowest BCUT2D eigenvalue weighted by Gasteiger charge is -2.15. The third kappa shape index (κ3) is 3.81. The van der Waals surface area contributed by atoms with Gasteiger partial charge in [-0.1, -0.05) is 12.1 Å². The molecule has 1 heterocycles. The smallest absolute Gasteiger partial charge is 0.0901 e. The summed E-state index contributed by atoms with van der Waals surface area (Å²) < 4.78 is 0. The second-order valence-electron chi connectivity index (χ2n) is 5.07. The quantitative estimate of drug-likeness (QED) is 0.849. The zero-order chi connectivity index (χ0) is 14.5. The average Bonchev–Trinajstić information content (AvgIpc) is 2.76. The molecule has 0 spiro atoms. The zero-order valence-corrected chi connectivity index (χ0v) is 13.1. The van der Waals surface area contributed by atoms with Crippen LogP contribution >= 0.6 is 11.3 Å². The van der Waals surface area contributed by atoms with Gasteiger partial charge in [0.25, 0.3) is 0 Å². The van der Waals surface area contributed by atoms with E-state index in [-0.39, 0.29) is 12.6 Å². The minimum absolute atomic E-state index is 0.202. The molecule has 0 radical (unpaired) electrons. The van der Waals surface area contributed by atoms with Gasteiger partial charge in [0.2, 0.25) is 0 Å². The molecular weight excluding hydrogens is 268 g/mol. The molecule has 1 unspecified atom stereocenters. The van der Waals surface area contributed by atoms with Gasteiger partial charge in [0.15, 0.2) is 0 Å². The molecule has 1 atom stereocenters. The predicted octanol–water partition coefficient (Wildman–Crippen LogP) is 3.86. The maximum absolute atomic E-state index is 8.90. The van der Waals surface area contributed by atoms with Gasteiger partial charge in [0.1, 0.15) is 0 Å². The molecule has 0 fully saturated rings. The summed E-state index contributed by atoms with van der Waals surface area (Å²) in [6, 6.07) is 8.59. The van der Waals surface area contributed by atoms with Crippen molar-refractivity contribution < 1.29 is 5.11 Å². The van der Waals surface area contributed by atoms with E-state index in [0.29, 0.717) is 0 Å². The highest BCUT2D eigenvalue weighted by atomic mass is 32.1. The summed E-state index contributed by atoms with van der Waals surface area (Å²) >= 11 is 1.74. The van der Waals surface area contributed by atoms with Gasteiger partial charge in [-0.2, -0.15) is 0 Å². The molecule has 1 aromatic carbocycles. The molecular formula is C16H22N2OS. The largest absolute Gasteiger partial charge is 0.396 e. The molecule has 0 amide bonds. The lowest BCUT2D eigenvalue weighted by atomic mass is 10.1. The second-order valence-corrected chi connectivity index (χ2v) is 6.48. The first-order valence-corrected chi connectivity index (χ1v) is 7.82. The van der Waals surface area contributed by atoms with Crippen molar-refractivity contribution in [2.75, 3.05) is 11.9 Å². The summed E-state index contributed by atoms with van der Waals surface area (Å²) in [5.74, 6) is 0. The van der Waals surface area contributed by atoms with E-state index in [1.165, 1.54) is 10.4 Å². The number of nitrogens with one attached hydrogen (secondary N) is 1. The molecule has 0 aliphatic heterocycles. The molecule has 20 heavy (non-hydrogen) atoms. The predicted molar refractivity (Wildman–Crippen MR) is 85.5 cm³/mol. The Morgan fingerprint density at radius 3 is 2.80 bits per heavy atom. The van der Waals surface area contributed by atoms with Crippen molar-refractivity contribution >= 4 is 17.0 Å². The Hall–Kier alpha value is -1.39. The molecule has 1 aromatic heterocycles. The minimum atomic E-state index is 0.202. The fourth-order valence-corrected chi connectivity index (χ4v) is 3.28. The number of aliphatic hydroxyl groups excluding tert-OH is 1. The number of nitrogens with zero attached hydrogens (tertiary/aromatic N) is 1. The highest BCUT2D eigenvalue weighted by Gasteiger charge is 2.12. The monoisotopic (exact) mass is 290 g/mol. The van der Waals surface area contributed by atoms with Gasteiger partial charge in [-0.05, 0) is 51.3 Å². The number of rotatable bonds is 6. The molecule has 0 saturated heterocycles. The number of aliphatic hydroxyl groups is 1. The van der Waals surface area contributed by atoms with Crippen LogP contribution in [-0.4, -0.2) is 16.7 Å². The van der Waals surface area contributed by atoms with Crippen molar-refractivity contribution in [3.63, 3.8) is 0 Å². The molecule has 4 heteroatoms. The Labute approximate surface area is 124 Å². The molecule has 2 N–H and O–H groups in total. The summed E-state index contributed by atoms with van der Waals surface area (Å²) in [5, 5.41) is 13.5. The molecule has 0 aliphatic rings. The van der Waals surface area contributed by atoms with E-state index in [2.05, 4.69) is 48.4 Å². The van der Waals surface area contributed by atoms with E-state index in [4.69, 9.17) is 5.11 Å². The number of benzene rings is 1. The van der Waals surface area contributed by atoms with Gasteiger partial charge in [-0.3, -0.25) is 0 Å². The molecule has 2 aromatic rings. The molecule has 0 saturated carbocycles. The molecule has 3 nitrogen and oxygen atoms in total. The lowest BCUT2D eigenvalue weighted by Crippen LogP contribution is -2.08. The summed E-state index contributed by atoms with van der Waals surface area (Å²) in [4.78, 5) is 5.88. The average molecular weight is 290 g/mol. The van der Waals surface area contributed by atoms with E-state index in [9.17, 15) is 0 Å². The fraction of sp³-hybridized carbons (Fsp3) is 0.438. The topological polar surface area (TPSA) is 45.2 Å². The highest BCUT2D eigenvalue weighted by molar-refractivity contribution is 7.11. The number of hydrogen-bond donors (Lipinski definition) is 2. The van der Waals surface area contributed by atoms with Crippen molar-refractivity contribution in [3.05, 3.63) is 45.4 Å². The van der Waals surface area contributed by atoms with Crippen LogP contribution in [-0.2, 0) is 6.42 Å². The molecule has 0 bridgehead atoms. The highest BCUT2D eigenvalue weighted by Crippen LogP contribution is 2.25. The third-order valence-corrected chi connectivity index (χ3v) is 4.19. The Morgan fingerprint density at radius 2 is 2.15 bits per heavy atom. The lowest BCUT2D eigenvalue weighted by molar-refractivity contribution is 0.288. The van der Waals surface area contributed by atoms with Crippen molar-refractivity contribution in [3.8, 4) is 0 Å². The van der Waals surface area contributed by atoms with Crippen LogP contribution in [0.5, 0.6) is 0 Å². The van der Waals surface area contributed by atoms with Gasteiger partial charge in [0, 0.05) is 17.2 Å². The Morgan fingerprint density at radius 1 is 1.35 bits per heavy atom. The number of anilines is 1. The standard InChI is InChI=1S/C16H22N2OS/c1-11(16-12(2)20-13(3)18-16)17-15-8-4-6-14(10-15)7-5-9-19/h4,6,8,10-11,17,19H,5,7,9H2,1-3H3. The number of hydrogen-bond acceptors (Lipinski definition) is 4. The fourth-order valence-electron chi connectivity index (χ4n) is 2.36. The number of aryl methyl sites for hydroxylation is 3. The molecule has 2 rings (SSSR count). The van der Waals surface area contributed by atoms with Crippen LogP contribution in [0.4, 0.5) is 5.69 Å². The first-order chi connectivity index (χ1) is 9.60. The van der Waals surface area contributed by atoms with E-state index in [1.54, 1.807) is 11.3 Å². The van der Waals surface area contributed by atoms with Gasteiger partial charge < -0.3 is 10.4 Å². The first-order valence-electron chi connectivity index (χ1n) is 7.00. The van der Waals surface area contributed by atoms with E-state index in [0.717, 1.165) is 29.2 Å². The Kier molecular flexibility index (Phi) is 5.15. The van der Waals surface area contributed by atoms with Gasteiger partial charge in [0.05, 0.1) is 16.7 Å². The van der Waals surface area contributed by atoms with Crippen LogP contribution in [0, 0.1) is 13.8 Å². The van der Waals surface area contributed by atoms with Gasteiger partial charge in [-0.25, -0.2) is 4.98 Å². The van der Waals surface area contributed by atoms with Crippen molar-refractivity contribution in [2.24, 2.45) is 0 Å². The summed E-state index contributed by atoms with van der Waals surface area (Å²) in [7, 11) is 0. The molecule has 0 aliphatic carbocycles. The van der Waals surface area contributed by atoms with Crippen molar-refractivity contribution in [2.45, 2.75) is 39.7 Å². The summed E-state index contributed by atoms with van der Waals surface area (Å²) in [6.07, 6.45) is 1.72. The van der Waals surface area contributed by atoms with E-state index >= 15 is 0 Å². The summed E-state index contributed by atoms with van der Waals surface area (Å²) in [5.41, 5.74) is 3.49. The van der Waals surface area contributed by atoms with Gasteiger partial charge >= 0.3 is 0 Å². The maximum Gasteiger partial charge on any atom is 0.0901 e. The zero-order valence-electron chi connectivity index (χ0n) is 12.3. The second kappa shape index (κ2) is 6.86. The summed E-state index contributed by atoms with van der Waals surface area (Å²) in [6.45, 7) is 6.55. The van der Waals surface area contributed by atoms with Crippen LogP contribution in [0.15, 0.2) is 24.3 Å². The van der Waals surface area contributed by atoms with Crippen LogP contribution < -0.4 is 5.32 Å². The third-order valence-electron chi connectivity index (χ3n) is 3.28. The Bertz CT molecular complexity index is 565. The minimum Gasteiger partial charge on any atom is -0.396 e. The maximum atomic E-state index is 8.90. The van der Waals surface area contributed by atoms with Gasteiger partial charge in [-0.15, -0.1) is 11.3 Å². The van der Waals surface area contributed by atoms with Crippen molar-refractivity contribution in [1.82, 2.24) is 4.98 Å². The number of thiazole rings is 1.